The van der Waals surface area contributed by atoms with Gasteiger partial charge in [0.2, 0.25) is 5.91 Å². The van der Waals surface area contributed by atoms with Crippen LogP contribution in [0.15, 0.2) is 36.4 Å². The fourth-order valence-electron chi connectivity index (χ4n) is 5.82. The molecule has 186 valence electrons. The number of imide groups is 1. The third kappa shape index (κ3) is 5.26. The molecule has 3 aliphatic rings. The third-order valence-electron chi connectivity index (χ3n) is 7.85. The van der Waals surface area contributed by atoms with Gasteiger partial charge in [-0.15, -0.1) is 0 Å². The summed E-state index contributed by atoms with van der Waals surface area (Å²) in [4.78, 5) is 44.5. The molecule has 2 aromatic rings. The highest BCUT2D eigenvalue weighted by Gasteiger charge is 2.32. The van der Waals surface area contributed by atoms with E-state index in [0.717, 1.165) is 82.3 Å². The summed E-state index contributed by atoms with van der Waals surface area (Å²) in [6.07, 6.45) is 6.26. The van der Waals surface area contributed by atoms with Crippen LogP contribution in [0.1, 0.15) is 59.2 Å². The van der Waals surface area contributed by atoms with Gasteiger partial charge < -0.3 is 15.1 Å². The van der Waals surface area contributed by atoms with Crippen LogP contribution in [0, 0.1) is 5.92 Å². The van der Waals surface area contributed by atoms with Crippen LogP contribution in [0.5, 0.6) is 0 Å². The van der Waals surface area contributed by atoms with Crippen molar-refractivity contribution >= 4 is 28.5 Å². The van der Waals surface area contributed by atoms with Crippen molar-refractivity contribution in [2.24, 2.45) is 5.92 Å². The summed E-state index contributed by atoms with van der Waals surface area (Å²) in [6, 6.07) is 11.3. The third-order valence-corrected chi connectivity index (χ3v) is 7.85. The standard InChI is InChI=1S/C28H36N4O3/c33-26(22-7-1-2-8-22)29-13-5-14-30-17-19-31(20-18-30)15-6-16-32-27(34)23-11-3-9-21-10-4-12-24(25(21)23)28(32)35/h3-4,9-12,22H,1-2,5-8,13-20H2,(H,29,33). The molecular formula is C28H36N4O3. The summed E-state index contributed by atoms with van der Waals surface area (Å²) in [6.45, 7) is 7.15. The highest BCUT2D eigenvalue weighted by Crippen LogP contribution is 2.30. The molecule has 2 fully saturated rings. The van der Waals surface area contributed by atoms with Gasteiger partial charge in [0.25, 0.3) is 11.8 Å². The maximum atomic E-state index is 13.0. The lowest BCUT2D eigenvalue weighted by atomic mass is 9.94. The van der Waals surface area contributed by atoms with Crippen LogP contribution in [0.4, 0.5) is 0 Å². The van der Waals surface area contributed by atoms with Crippen molar-refractivity contribution < 1.29 is 14.4 Å². The Balaban J connectivity index is 1.02. The van der Waals surface area contributed by atoms with Crippen LogP contribution < -0.4 is 5.32 Å². The predicted octanol–water partition coefficient (Wildman–Crippen LogP) is 3.14. The van der Waals surface area contributed by atoms with Crippen molar-refractivity contribution in [3.63, 3.8) is 0 Å². The van der Waals surface area contributed by atoms with Gasteiger partial charge in [-0.05, 0) is 56.3 Å². The molecule has 0 spiro atoms. The van der Waals surface area contributed by atoms with Gasteiger partial charge in [-0.25, -0.2) is 0 Å². The average Bonchev–Trinajstić information content (AvgIpc) is 3.43. The van der Waals surface area contributed by atoms with Gasteiger partial charge >= 0.3 is 0 Å². The van der Waals surface area contributed by atoms with E-state index in [1.54, 1.807) is 0 Å². The molecule has 0 atom stereocenters. The molecule has 0 aromatic heterocycles. The molecule has 1 saturated heterocycles. The van der Waals surface area contributed by atoms with Crippen molar-refractivity contribution in [1.82, 2.24) is 20.0 Å². The van der Waals surface area contributed by atoms with Crippen LogP contribution in [-0.2, 0) is 4.79 Å². The minimum absolute atomic E-state index is 0.177. The topological polar surface area (TPSA) is 73.0 Å². The Labute approximate surface area is 207 Å². The predicted molar refractivity (Wildman–Crippen MR) is 136 cm³/mol. The van der Waals surface area contributed by atoms with Crippen molar-refractivity contribution in [1.29, 1.82) is 0 Å². The number of amides is 3. The van der Waals surface area contributed by atoms with E-state index in [1.165, 1.54) is 17.7 Å². The first-order valence-electron chi connectivity index (χ1n) is 13.2. The summed E-state index contributed by atoms with van der Waals surface area (Å²) < 4.78 is 0. The second-order valence-electron chi connectivity index (χ2n) is 10.1. The van der Waals surface area contributed by atoms with E-state index in [1.807, 2.05) is 36.4 Å². The molecular weight excluding hydrogens is 440 g/mol. The van der Waals surface area contributed by atoms with E-state index in [2.05, 4.69) is 15.1 Å². The minimum Gasteiger partial charge on any atom is -0.356 e. The van der Waals surface area contributed by atoms with E-state index in [4.69, 9.17) is 0 Å². The van der Waals surface area contributed by atoms with Crippen LogP contribution in [0.25, 0.3) is 10.8 Å². The lowest BCUT2D eigenvalue weighted by molar-refractivity contribution is -0.124. The summed E-state index contributed by atoms with van der Waals surface area (Å²) in [5.74, 6) is 0.143. The van der Waals surface area contributed by atoms with Gasteiger partial charge in [0.1, 0.15) is 0 Å². The Bertz CT molecular complexity index is 1040. The smallest absolute Gasteiger partial charge is 0.261 e. The zero-order valence-corrected chi connectivity index (χ0v) is 20.5. The Morgan fingerprint density at radius 2 is 1.37 bits per heavy atom. The Kier molecular flexibility index (Phi) is 7.44. The van der Waals surface area contributed by atoms with Gasteiger partial charge in [-0.2, -0.15) is 0 Å². The molecule has 7 nitrogen and oxygen atoms in total. The Morgan fingerprint density at radius 1 is 0.800 bits per heavy atom. The molecule has 0 unspecified atom stereocenters. The first-order chi connectivity index (χ1) is 17.1. The monoisotopic (exact) mass is 476 g/mol. The van der Waals surface area contributed by atoms with E-state index in [0.29, 0.717) is 17.7 Å². The number of carbonyl (C=O) groups is 3. The minimum atomic E-state index is -0.177. The normalized spacial score (nSPS) is 19.6. The zero-order valence-electron chi connectivity index (χ0n) is 20.5. The number of piperazine rings is 1. The Morgan fingerprint density at radius 3 is 1.97 bits per heavy atom. The van der Waals surface area contributed by atoms with Gasteiger partial charge in [0.15, 0.2) is 0 Å². The summed E-state index contributed by atoms with van der Waals surface area (Å²) in [7, 11) is 0. The number of rotatable bonds is 9. The maximum Gasteiger partial charge on any atom is 0.261 e. The van der Waals surface area contributed by atoms with E-state index >= 15 is 0 Å². The number of benzene rings is 2. The lowest BCUT2D eigenvalue weighted by Crippen LogP contribution is -2.48. The first-order valence-corrected chi connectivity index (χ1v) is 13.2. The first kappa shape index (κ1) is 23.9. The summed E-state index contributed by atoms with van der Waals surface area (Å²) >= 11 is 0. The zero-order chi connectivity index (χ0) is 24.2. The highest BCUT2D eigenvalue weighted by atomic mass is 16.2. The van der Waals surface area contributed by atoms with E-state index in [-0.39, 0.29) is 23.6 Å². The van der Waals surface area contributed by atoms with Gasteiger partial charge in [0.05, 0.1) is 0 Å². The molecule has 5 rings (SSSR count). The SMILES string of the molecule is O=C(NCCCN1CCN(CCCN2C(=O)c3cccc4cccc(c34)C2=O)CC1)C1CCCC1. The molecule has 7 heteroatoms. The largest absolute Gasteiger partial charge is 0.356 e. The number of nitrogens with one attached hydrogen (secondary N) is 1. The molecule has 1 saturated carbocycles. The maximum absolute atomic E-state index is 13.0. The van der Waals surface area contributed by atoms with Crippen LogP contribution in [-0.4, -0.2) is 84.8 Å². The number of hydrogen-bond acceptors (Lipinski definition) is 5. The van der Waals surface area contributed by atoms with Crippen molar-refractivity contribution in [3.05, 3.63) is 47.5 Å². The van der Waals surface area contributed by atoms with Crippen LogP contribution in [0.3, 0.4) is 0 Å². The summed E-state index contributed by atoms with van der Waals surface area (Å²) in [5, 5.41) is 4.84. The van der Waals surface area contributed by atoms with E-state index in [9.17, 15) is 14.4 Å². The highest BCUT2D eigenvalue weighted by molar-refractivity contribution is 6.25. The summed E-state index contributed by atoms with van der Waals surface area (Å²) in [5.41, 5.74) is 1.26. The Hall–Kier alpha value is -2.77. The average molecular weight is 477 g/mol. The molecule has 3 amide bonds. The van der Waals surface area contributed by atoms with Gasteiger partial charge in [0, 0.05) is 61.7 Å². The molecule has 2 aliphatic heterocycles. The van der Waals surface area contributed by atoms with Crippen LogP contribution >= 0.6 is 0 Å². The molecule has 0 bridgehead atoms. The van der Waals surface area contributed by atoms with Gasteiger partial charge in [-0.3, -0.25) is 19.3 Å². The number of hydrogen-bond donors (Lipinski definition) is 1. The lowest BCUT2D eigenvalue weighted by Gasteiger charge is -2.35. The molecule has 2 heterocycles. The number of carbonyl (C=O) groups excluding carboxylic acids is 3. The quantitative estimate of drug-likeness (QED) is 0.445. The second kappa shape index (κ2) is 10.9. The van der Waals surface area contributed by atoms with Crippen molar-refractivity contribution in [2.75, 3.05) is 52.4 Å². The molecule has 2 aromatic carbocycles. The molecule has 35 heavy (non-hydrogen) atoms. The van der Waals surface area contributed by atoms with Crippen molar-refractivity contribution in [3.8, 4) is 0 Å². The van der Waals surface area contributed by atoms with E-state index < -0.39 is 0 Å². The number of nitrogens with zero attached hydrogens (tertiary/aromatic N) is 3. The fraction of sp³-hybridized carbons (Fsp3) is 0.536. The van der Waals surface area contributed by atoms with Crippen molar-refractivity contribution in [2.45, 2.75) is 38.5 Å². The fourth-order valence-corrected chi connectivity index (χ4v) is 5.82. The molecule has 0 radical (unpaired) electrons. The molecule has 1 N–H and O–H groups in total. The van der Waals surface area contributed by atoms with Gasteiger partial charge in [-0.1, -0.05) is 37.1 Å². The van der Waals surface area contributed by atoms with Crippen LogP contribution in [0.2, 0.25) is 0 Å². The molecule has 1 aliphatic carbocycles. The second-order valence-corrected chi connectivity index (χ2v) is 10.1.